The van der Waals surface area contributed by atoms with E-state index in [1.807, 2.05) is 55.5 Å². The van der Waals surface area contributed by atoms with Crippen LogP contribution in [0.4, 0.5) is 14.9 Å². The minimum absolute atomic E-state index is 0.103. The van der Waals surface area contributed by atoms with Crippen LogP contribution in [0.15, 0.2) is 93.9 Å². The monoisotopic (exact) mass is 470 g/mol. The largest absolute Gasteiger partial charge is 0.378 e. The zero-order valence-electron chi connectivity index (χ0n) is 18.9. The molecule has 34 heavy (non-hydrogen) atoms. The van der Waals surface area contributed by atoms with Crippen molar-refractivity contribution in [1.82, 2.24) is 5.01 Å². The van der Waals surface area contributed by atoms with E-state index in [9.17, 15) is 9.18 Å². The van der Waals surface area contributed by atoms with Crippen LogP contribution in [0, 0.1) is 5.82 Å². The van der Waals surface area contributed by atoms with E-state index < -0.39 is 0 Å². The van der Waals surface area contributed by atoms with Gasteiger partial charge in [-0.1, -0.05) is 54.6 Å². The Bertz CT molecular complexity index is 1300. The van der Waals surface area contributed by atoms with Gasteiger partial charge in [-0.25, -0.2) is 9.40 Å². The molecule has 0 N–H and O–H groups in total. The molecule has 0 fully saturated rings. The average Bonchev–Trinajstić information content (AvgIpc) is 3.44. The summed E-state index contributed by atoms with van der Waals surface area (Å²) in [6, 6.07) is 24.5. The van der Waals surface area contributed by atoms with Crippen molar-refractivity contribution in [3.05, 3.63) is 106 Å². The molecule has 0 aliphatic carbocycles. The van der Waals surface area contributed by atoms with Crippen LogP contribution in [-0.2, 0) is 0 Å². The first kappa shape index (κ1) is 22.1. The zero-order chi connectivity index (χ0) is 23.7. The van der Waals surface area contributed by atoms with E-state index in [1.165, 1.54) is 12.1 Å². The van der Waals surface area contributed by atoms with Crippen molar-refractivity contribution in [3.63, 3.8) is 0 Å². The van der Waals surface area contributed by atoms with Crippen molar-refractivity contribution in [1.29, 1.82) is 0 Å². The molecule has 2 aliphatic rings. The van der Waals surface area contributed by atoms with Crippen LogP contribution in [0.1, 0.15) is 29.2 Å². The highest BCUT2D eigenvalue weighted by molar-refractivity contribution is 8.18. The van der Waals surface area contributed by atoms with Gasteiger partial charge in [-0.15, -0.1) is 0 Å². The van der Waals surface area contributed by atoms with Gasteiger partial charge in [0.25, 0.3) is 0 Å². The standard InChI is InChI=1S/C27H23FN4OS/c1-31(2)22-14-10-20(11-15-22)24-17-23(19-6-4-3-5-7-19)30-32(24)26-25(34-27(33)29-26)16-18-8-12-21(28)13-9-18/h3-16,24H,17H2,1-2H3/b25-16-. The molecule has 1 atom stereocenters. The molecule has 0 saturated heterocycles. The smallest absolute Gasteiger partial charge is 0.311 e. The van der Waals surface area contributed by atoms with Crippen molar-refractivity contribution < 1.29 is 9.18 Å². The first-order chi connectivity index (χ1) is 16.5. The maximum Gasteiger partial charge on any atom is 0.311 e. The molecule has 0 aromatic heterocycles. The fourth-order valence-corrected chi connectivity index (χ4v) is 4.78. The summed E-state index contributed by atoms with van der Waals surface area (Å²) in [5, 5.41) is 6.52. The molecule has 0 radical (unpaired) electrons. The van der Waals surface area contributed by atoms with E-state index in [1.54, 1.807) is 12.1 Å². The summed E-state index contributed by atoms with van der Waals surface area (Å²) in [4.78, 5) is 19.5. The van der Waals surface area contributed by atoms with E-state index in [0.717, 1.165) is 39.9 Å². The number of thioether (sulfide) groups is 1. The molecule has 0 spiro atoms. The number of hydrazone groups is 1. The summed E-state index contributed by atoms with van der Waals surface area (Å²) in [7, 11) is 4.02. The number of carbonyl (C=O) groups excluding carboxylic acids is 1. The molecule has 3 aromatic rings. The molecule has 0 bridgehead atoms. The predicted molar refractivity (Wildman–Crippen MR) is 138 cm³/mol. The molecule has 0 saturated carbocycles. The van der Waals surface area contributed by atoms with Crippen molar-refractivity contribution in [2.24, 2.45) is 10.1 Å². The molecule has 2 aliphatic heterocycles. The topological polar surface area (TPSA) is 48.3 Å². The fourth-order valence-electron chi connectivity index (χ4n) is 4.04. The van der Waals surface area contributed by atoms with Gasteiger partial charge in [0.1, 0.15) is 5.82 Å². The van der Waals surface area contributed by atoms with Crippen molar-refractivity contribution in [2.75, 3.05) is 19.0 Å². The Hall–Kier alpha value is -3.71. The van der Waals surface area contributed by atoms with E-state index in [0.29, 0.717) is 17.2 Å². The number of aliphatic imine (C=N–C) groups is 1. The number of nitrogens with zero attached hydrogens (tertiary/aromatic N) is 4. The first-order valence-electron chi connectivity index (χ1n) is 11.0. The van der Waals surface area contributed by atoms with E-state index in [-0.39, 0.29) is 17.1 Å². The molecule has 5 nitrogen and oxygen atoms in total. The van der Waals surface area contributed by atoms with Crippen LogP contribution < -0.4 is 4.90 Å². The molecule has 2 heterocycles. The second-order valence-electron chi connectivity index (χ2n) is 8.33. The van der Waals surface area contributed by atoms with Gasteiger partial charge in [0.2, 0.25) is 0 Å². The lowest BCUT2D eigenvalue weighted by Crippen LogP contribution is -2.26. The van der Waals surface area contributed by atoms with Gasteiger partial charge >= 0.3 is 5.24 Å². The Kier molecular flexibility index (Phi) is 6.02. The Balaban J connectivity index is 1.55. The summed E-state index contributed by atoms with van der Waals surface area (Å²) in [5.74, 6) is 0.219. The molecule has 7 heteroatoms. The number of halogens is 1. The number of anilines is 1. The lowest BCUT2D eigenvalue weighted by molar-refractivity contribution is 0.267. The Morgan fingerprint density at radius 2 is 1.71 bits per heavy atom. The van der Waals surface area contributed by atoms with E-state index in [4.69, 9.17) is 5.10 Å². The second kappa shape index (κ2) is 9.27. The van der Waals surface area contributed by atoms with Crippen LogP contribution >= 0.6 is 11.8 Å². The second-order valence-corrected chi connectivity index (χ2v) is 9.32. The molecule has 1 unspecified atom stereocenters. The third kappa shape index (κ3) is 4.52. The van der Waals surface area contributed by atoms with Gasteiger partial charge in [-0.3, -0.25) is 4.79 Å². The SMILES string of the molecule is CN(C)c1ccc(C2CC(c3ccccc3)=NN2C2=NC(=O)S/C2=C\c2ccc(F)cc2)cc1. The number of amidine groups is 1. The van der Waals surface area contributed by atoms with Crippen LogP contribution in [0.5, 0.6) is 0 Å². The highest BCUT2D eigenvalue weighted by Crippen LogP contribution is 2.39. The molecule has 5 rings (SSSR count). The number of hydrogen-bond donors (Lipinski definition) is 0. The van der Waals surface area contributed by atoms with Gasteiger partial charge in [-0.2, -0.15) is 10.1 Å². The number of benzene rings is 3. The lowest BCUT2D eigenvalue weighted by atomic mass is 9.98. The molecule has 1 amide bonds. The number of rotatable bonds is 4. The minimum Gasteiger partial charge on any atom is -0.378 e. The van der Waals surface area contributed by atoms with E-state index in [2.05, 4.69) is 34.2 Å². The average molecular weight is 471 g/mol. The summed E-state index contributed by atoms with van der Waals surface area (Å²) < 4.78 is 13.4. The van der Waals surface area contributed by atoms with Gasteiger partial charge in [-0.05, 0) is 58.8 Å². The molecular formula is C27H23FN4OS. The Morgan fingerprint density at radius 1 is 1.00 bits per heavy atom. The van der Waals surface area contributed by atoms with Crippen LogP contribution in [-0.4, -0.2) is 35.9 Å². The van der Waals surface area contributed by atoms with E-state index >= 15 is 0 Å². The summed E-state index contributed by atoms with van der Waals surface area (Å²) in [6.07, 6.45) is 2.54. The quantitative estimate of drug-likeness (QED) is 0.446. The van der Waals surface area contributed by atoms with Crippen LogP contribution in [0.25, 0.3) is 6.08 Å². The number of amides is 1. The van der Waals surface area contributed by atoms with Gasteiger partial charge < -0.3 is 4.90 Å². The Labute approximate surface area is 202 Å². The Morgan fingerprint density at radius 3 is 2.38 bits per heavy atom. The summed E-state index contributed by atoms with van der Waals surface area (Å²) in [6.45, 7) is 0. The summed E-state index contributed by atoms with van der Waals surface area (Å²) in [5.41, 5.74) is 4.98. The fraction of sp³-hybridized carbons (Fsp3) is 0.148. The maximum absolute atomic E-state index is 13.4. The molecule has 3 aromatic carbocycles. The number of carbonyl (C=O) groups is 1. The maximum atomic E-state index is 13.4. The predicted octanol–water partition coefficient (Wildman–Crippen LogP) is 6.35. The van der Waals surface area contributed by atoms with Crippen molar-refractivity contribution in [2.45, 2.75) is 12.5 Å². The lowest BCUT2D eigenvalue weighted by Gasteiger charge is -2.24. The normalized spacial score (nSPS) is 18.9. The summed E-state index contributed by atoms with van der Waals surface area (Å²) >= 11 is 1.07. The van der Waals surface area contributed by atoms with Gasteiger partial charge in [0, 0.05) is 26.2 Å². The highest BCUT2D eigenvalue weighted by Gasteiger charge is 2.36. The minimum atomic E-state index is -0.302. The van der Waals surface area contributed by atoms with Crippen molar-refractivity contribution >= 4 is 40.3 Å². The zero-order valence-corrected chi connectivity index (χ0v) is 19.7. The third-order valence-electron chi connectivity index (χ3n) is 5.81. The van der Waals surface area contributed by atoms with Crippen LogP contribution in [0.3, 0.4) is 0 Å². The molecular weight excluding hydrogens is 447 g/mol. The highest BCUT2D eigenvalue weighted by atomic mass is 32.2. The van der Waals surface area contributed by atoms with Crippen molar-refractivity contribution in [3.8, 4) is 0 Å². The van der Waals surface area contributed by atoms with Gasteiger partial charge in [0.15, 0.2) is 5.84 Å². The first-order valence-corrected chi connectivity index (χ1v) is 11.8. The van der Waals surface area contributed by atoms with Crippen LogP contribution in [0.2, 0.25) is 0 Å². The molecule has 170 valence electrons. The van der Waals surface area contributed by atoms with Gasteiger partial charge in [0.05, 0.1) is 16.7 Å². The third-order valence-corrected chi connectivity index (χ3v) is 6.60. The number of hydrogen-bond acceptors (Lipinski definition) is 5.